The topological polar surface area (TPSA) is 29.1 Å². The Labute approximate surface area is 204 Å². The Morgan fingerprint density at radius 2 is 1.26 bits per heavy atom. The van der Waals surface area contributed by atoms with Crippen molar-refractivity contribution in [3.8, 4) is 0 Å². The maximum atomic E-state index is 13.2. The van der Waals surface area contributed by atoms with E-state index in [0.29, 0.717) is 0 Å². The highest BCUT2D eigenvalue weighted by molar-refractivity contribution is 7.05. The van der Waals surface area contributed by atoms with Crippen LogP contribution >= 0.6 is 0 Å². The van der Waals surface area contributed by atoms with Gasteiger partial charge < -0.3 is 5.32 Å². The average molecular weight is 462 g/mol. The van der Waals surface area contributed by atoms with Gasteiger partial charge in [0, 0.05) is 0 Å². The number of amides is 1. The maximum absolute atomic E-state index is 13.2. The molecular formula is C31H31NOSi. The van der Waals surface area contributed by atoms with Gasteiger partial charge in [-0.2, -0.15) is 0 Å². The van der Waals surface area contributed by atoms with Crippen molar-refractivity contribution in [2.24, 2.45) is 0 Å². The van der Waals surface area contributed by atoms with E-state index in [1.807, 2.05) is 30.3 Å². The summed E-state index contributed by atoms with van der Waals surface area (Å²) in [4.78, 5) is 13.2. The molecule has 0 spiro atoms. The van der Waals surface area contributed by atoms with Crippen LogP contribution in [-0.2, 0) is 11.2 Å². The third-order valence-corrected chi connectivity index (χ3v) is 10.3. The Balaban J connectivity index is 1.59. The molecule has 3 heteroatoms. The molecule has 0 aliphatic rings. The van der Waals surface area contributed by atoms with Crippen molar-refractivity contribution in [1.29, 1.82) is 0 Å². The van der Waals surface area contributed by atoms with E-state index >= 15 is 0 Å². The third kappa shape index (κ3) is 5.80. The molecule has 0 heterocycles. The zero-order valence-electron chi connectivity index (χ0n) is 19.8. The predicted octanol–water partition coefficient (Wildman–Crippen LogP) is 5.38. The zero-order valence-corrected chi connectivity index (χ0v) is 20.8. The fraction of sp³-hybridized carbons (Fsp3) is 0.129. The summed E-state index contributed by atoms with van der Waals surface area (Å²) >= 11 is 0. The molecule has 0 aliphatic carbocycles. The van der Waals surface area contributed by atoms with Crippen LogP contribution in [0.3, 0.4) is 0 Å². The van der Waals surface area contributed by atoms with Crippen molar-refractivity contribution >= 4 is 24.4 Å². The number of carbonyl (C=O) groups excluding carboxylic acids is 1. The number of aryl methyl sites for hydroxylation is 1. The molecule has 0 fully saturated rings. The Morgan fingerprint density at radius 1 is 0.765 bits per heavy atom. The van der Waals surface area contributed by atoms with Crippen LogP contribution < -0.4 is 15.7 Å². The van der Waals surface area contributed by atoms with Gasteiger partial charge in [-0.1, -0.05) is 143 Å². The maximum Gasteiger partial charge on any atom is 0.243 e. The molecule has 0 saturated carbocycles. The van der Waals surface area contributed by atoms with Crippen LogP contribution in [0.4, 0.5) is 0 Å². The highest BCUT2D eigenvalue weighted by Gasteiger charge is 2.29. The molecule has 2 nitrogen and oxygen atoms in total. The van der Waals surface area contributed by atoms with Crippen molar-refractivity contribution in [3.63, 3.8) is 0 Å². The lowest BCUT2D eigenvalue weighted by atomic mass is 9.98. The number of benzene rings is 4. The van der Waals surface area contributed by atoms with E-state index in [4.69, 9.17) is 0 Å². The van der Waals surface area contributed by atoms with Gasteiger partial charge in [-0.05, 0) is 30.5 Å². The first-order chi connectivity index (χ1) is 16.5. The van der Waals surface area contributed by atoms with Gasteiger partial charge in [-0.3, -0.25) is 4.79 Å². The molecule has 1 unspecified atom stereocenters. The molecule has 1 atom stereocenters. The molecule has 4 aromatic carbocycles. The second-order valence-electron chi connectivity index (χ2n) is 8.93. The first kappa shape index (κ1) is 23.5. The van der Waals surface area contributed by atoms with Gasteiger partial charge in [0.15, 0.2) is 0 Å². The molecule has 4 rings (SSSR count). The van der Waals surface area contributed by atoms with E-state index < -0.39 is 8.07 Å². The number of rotatable bonds is 8. The van der Waals surface area contributed by atoms with E-state index in [0.717, 1.165) is 12.0 Å². The molecular weight excluding hydrogens is 430 g/mol. The first-order valence-electron chi connectivity index (χ1n) is 11.8. The Bertz CT molecular complexity index is 1180. The van der Waals surface area contributed by atoms with Gasteiger partial charge in [-0.25, -0.2) is 0 Å². The molecule has 34 heavy (non-hydrogen) atoms. The SMILES string of the molecule is Cc1ccc(CC(NC(=O)C=C[Si](C)(c2ccccc2)c2ccccc2)c2ccccc2)cc1. The lowest BCUT2D eigenvalue weighted by molar-refractivity contribution is -0.117. The Hall–Kier alpha value is -3.69. The van der Waals surface area contributed by atoms with Crippen LogP contribution in [0.1, 0.15) is 22.7 Å². The van der Waals surface area contributed by atoms with E-state index in [-0.39, 0.29) is 11.9 Å². The summed E-state index contributed by atoms with van der Waals surface area (Å²) in [7, 11) is -2.22. The van der Waals surface area contributed by atoms with E-state index in [2.05, 4.69) is 109 Å². The molecule has 0 aliphatic heterocycles. The molecule has 0 saturated heterocycles. The van der Waals surface area contributed by atoms with Crippen LogP contribution in [-0.4, -0.2) is 14.0 Å². The minimum Gasteiger partial charge on any atom is -0.345 e. The van der Waals surface area contributed by atoms with Crippen molar-refractivity contribution in [2.45, 2.75) is 25.9 Å². The van der Waals surface area contributed by atoms with E-state index in [1.165, 1.54) is 21.5 Å². The van der Waals surface area contributed by atoms with E-state index in [1.54, 1.807) is 6.08 Å². The molecule has 0 bridgehead atoms. The highest BCUT2D eigenvalue weighted by atomic mass is 28.3. The van der Waals surface area contributed by atoms with Crippen molar-refractivity contribution in [1.82, 2.24) is 5.32 Å². The minimum absolute atomic E-state index is 0.0634. The largest absolute Gasteiger partial charge is 0.345 e. The molecule has 0 radical (unpaired) electrons. The normalized spacial score (nSPS) is 12.4. The van der Waals surface area contributed by atoms with Crippen molar-refractivity contribution in [3.05, 3.63) is 144 Å². The number of hydrogen-bond donors (Lipinski definition) is 1. The van der Waals surface area contributed by atoms with Crippen LogP contribution in [0.15, 0.2) is 127 Å². The van der Waals surface area contributed by atoms with E-state index in [9.17, 15) is 4.79 Å². The summed E-state index contributed by atoms with van der Waals surface area (Å²) in [5.74, 6) is -0.0634. The van der Waals surface area contributed by atoms with Crippen molar-refractivity contribution in [2.75, 3.05) is 0 Å². The standard InChI is InChI=1S/C31H31NOSi/c1-25-18-20-26(21-19-25)24-30(27-12-6-3-7-13-27)32-31(33)22-23-34(2,28-14-8-4-9-15-28)29-16-10-5-11-17-29/h3-23,30H,24H2,1-2H3,(H,32,33). The zero-order chi connectivity index (χ0) is 23.8. The van der Waals surface area contributed by atoms with Gasteiger partial charge in [0.1, 0.15) is 8.07 Å². The summed E-state index contributed by atoms with van der Waals surface area (Å²) in [5, 5.41) is 5.83. The summed E-state index contributed by atoms with van der Waals surface area (Å²) < 4.78 is 0. The number of hydrogen-bond acceptors (Lipinski definition) is 1. The summed E-state index contributed by atoms with van der Waals surface area (Å²) in [6, 6.07) is 39.7. The van der Waals surface area contributed by atoms with Crippen LogP contribution in [0.5, 0.6) is 0 Å². The monoisotopic (exact) mass is 461 g/mol. The Kier molecular flexibility index (Phi) is 7.56. The number of carbonyl (C=O) groups is 1. The van der Waals surface area contributed by atoms with Gasteiger partial charge in [0.2, 0.25) is 5.91 Å². The summed E-state index contributed by atoms with van der Waals surface area (Å²) in [6.45, 7) is 4.38. The quantitative estimate of drug-likeness (QED) is 0.277. The molecule has 4 aromatic rings. The second kappa shape index (κ2) is 11.0. The van der Waals surface area contributed by atoms with Gasteiger partial charge in [0.25, 0.3) is 0 Å². The lowest BCUT2D eigenvalue weighted by Gasteiger charge is -2.25. The lowest BCUT2D eigenvalue weighted by Crippen LogP contribution is -2.54. The number of nitrogens with one attached hydrogen (secondary N) is 1. The van der Waals surface area contributed by atoms with Gasteiger partial charge in [-0.15, -0.1) is 0 Å². The molecule has 1 amide bonds. The molecule has 170 valence electrons. The third-order valence-electron chi connectivity index (χ3n) is 6.39. The van der Waals surface area contributed by atoms with Gasteiger partial charge >= 0.3 is 0 Å². The summed E-state index contributed by atoms with van der Waals surface area (Å²) in [5.41, 5.74) is 5.70. The fourth-order valence-electron chi connectivity index (χ4n) is 4.29. The van der Waals surface area contributed by atoms with Crippen LogP contribution in [0.2, 0.25) is 6.55 Å². The first-order valence-corrected chi connectivity index (χ1v) is 14.3. The summed E-state index contributed by atoms with van der Waals surface area (Å²) in [6.07, 6.45) is 2.49. The van der Waals surface area contributed by atoms with Crippen LogP contribution in [0, 0.1) is 6.92 Å². The van der Waals surface area contributed by atoms with Crippen molar-refractivity contribution < 1.29 is 4.79 Å². The van der Waals surface area contributed by atoms with Gasteiger partial charge in [0.05, 0.1) is 6.04 Å². The fourth-order valence-corrected chi connectivity index (χ4v) is 7.26. The average Bonchev–Trinajstić information content (AvgIpc) is 2.89. The second-order valence-corrected chi connectivity index (χ2v) is 12.8. The minimum atomic E-state index is -2.22. The predicted molar refractivity (Wildman–Crippen MR) is 145 cm³/mol. The molecule has 0 aromatic heterocycles. The molecule has 1 N–H and O–H groups in total. The Morgan fingerprint density at radius 3 is 1.79 bits per heavy atom. The highest BCUT2D eigenvalue weighted by Crippen LogP contribution is 2.19. The van der Waals surface area contributed by atoms with Crippen LogP contribution in [0.25, 0.3) is 0 Å². The smallest absolute Gasteiger partial charge is 0.243 e.